The number of halogens is 3. The summed E-state index contributed by atoms with van der Waals surface area (Å²) in [7, 11) is 0. The van der Waals surface area contributed by atoms with Crippen LogP contribution >= 0.6 is 24.2 Å². The van der Waals surface area contributed by atoms with Gasteiger partial charge in [0.2, 0.25) is 0 Å². The van der Waals surface area contributed by atoms with Crippen molar-refractivity contribution in [3.63, 3.8) is 0 Å². The summed E-state index contributed by atoms with van der Waals surface area (Å²) < 4.78 is 25.7. The first-order chi connectivity index (χ1) is 5.66. The molecule has 0 saturated carbocycles. The monoisotopic (exact) mass is 208 g/mol. The Bertz CT molecular complexity index is 289. The zero-order valence-electron chi connectivity index (χ0n) is 6.15. The minimum Gasteiger partial charge on any atom is -0.205 e. The Kier molecular flexibility index (Phi) is 3.35. The lowest BCUT2D eigenvalue weighted by atomic mass is 10.1. The van der Waals surface area contributed by atoms with E-state index in [1.165, 1.54) is 6.07 Å². The third-order valence-corrected chi connectivity index (χ3v) is 2.07. The molecule has 1 aromatic carbocycles. The van der Waals surface area contributed by atoms with Gasteiger partial charge in [-0.15, -0.1) is 0 Å². The van der Waals surface area contributed by atoms with Crippen LogP contribution in [0.25, 0.3) is 0 Å². The molecule has 1 rings (SSSR count). The van der Waals surface area contributed by atoms with Gasteiger partial charge in [0.25, 0.3) is 0 Å². The lowest BCUT2D eigenvalue weighted by Crippen LogP contribution is -1.94. The van der Waals surface area contributed by atoms with E-state index in [0.717, 1.165) is 6.07 Å². The second-order valence-corrected chi connectivity index (χ2v) is 3.13. The van der Waals surface area contributed by atoms with Crippen LogP contribution in [0.5, 0.6) is 0 Å². The fraction of sp³-hybridized carbons (Fsp3) is 0.250. The molecular formula is C8H7ClF2S. The normalized spacial score (nSPS) is 10.3. The summed E-state index contributed by atoms with van der Waals surface area (Å²) in [5, 5.41) is -0.436. The molecule has 0 saturated heterocycles. The first-order valence-electron chi connectivity index (χ1n) is 3.40. The number of thiol groups is 1. The minimum absolute atomic E-state index is 0.399. The van der Waals surface area contributed by atoms with Crippen molar-refractivity contribution in [1.82, 2.24) is 0 Å². The maximum absolute atomic E-state index is 13.0. The standard InChI is InChI=1S/C8H7ClF2S/c9-7-6(10)2-1-5(3-4-12)8(7)11/h1-2,12H,3-4H2. The SMILES string of the molecule is Fc1ccc(CCS)c(F)c1Cl. The highest BCUT2D eigenvalue weighted by Gasteiger charge is 2.10. The molecule has 0 fully saturated rings. The molecule has 0 heterocycles. The molecule has 0 bridgehead atoms. The van der Waals surface area contributed by atoms with Crippen molar-refractivity contribution in [2.45, 2.75) is 6.42 Å². The fourth-order valence-corrected chi connectivity index (χ4v) is 1.30. The Balaban J connectivity index is 3.08. The Morgan fingerprint density at radius 1 is 1.33 bits per heavy atom. The van der Waals surface area contributed by atoms with Gasteiger partial charge in [-0.3, -0.25) is 0 Å². The van der Waals surface area contributed by atoms with Crippen LogP contribution in [-0.2, 0) is 6.42 Å². The number of benzene rings is 1. The van der Waals surface area contributed by atoms with Crippen LogP contribution in [0.2, 0.25) is 5.02 Å². The zero-order valence-corrected chi connectivity index (χ0v) is 7.80. The molecule has 0 unspecified atom stereocenters. The lowest BCUT2D eigenvalue weighted by molar-refractivity contribution is 0.574. The largest absolute Gasteiger partial charge is 0.205 e. The van der Waals surface area contributed by atoms with Gasteiger partial charge in [0, 0.05) is 0 Å². The van der Waals surface area contributed by atoms with Crippen LogP contribution in [0, 0.1) is 11.6 Å². The van der Waals surface area contributed by atoms with Crippen LogP contribution in [0.4, 0.5) is 8.78 Å². The molecule has 0 aliphatic rings. The topological polar surface area (TPSA) is 0 Å². The quantitative estimate of drug-likeness (QED) is 0.561. The van der Waals surface area contributed by atoms with Crippen LogP contribution in [0.3, 0.4) is 0 Å². The predicted molar refractivity (Wildman–Crippen MR) is 48.9 cm³/mol. The van der Waals surface area contributed by atoms with E-state index in [-0.39, 0.29) is 0 Å². The van der Waals surface area contributed by atoms with Crippen molar-refractivity contribution in [2.24, 2.45) is 0 Å². The molecule has 0 nitrogen and oxygen atoms in total. The molecule has 0 aliphatic carbocycles. The van der Waals surface area contributed by atoms with Gasteiger partial charge < -0.3 is 0 Å². The predicted octanol–water partition coefficient (Wildman–Crippen LogP) is 3.09. The molecule has 0 atom stereocenters. The van der Waals surface area contributed by atoms with Gasteiger partial charge in [-0.2, -0.15) is 12.6 Å². The first kappa shape index (κ1) is 9.81. The molecule has 0 radical (unpaired) electrons. The van der Waals surface area contributed by atoms with Crippen molar-refractivity contribution < 1.29 is 8.78 Å². The summed E-state index contributed by atoms with van der Waals surface area (Å²) in [5.74, 6) is -0.887. The average molecular weight is 209 g/mol. The third kappa shape index (κ3) is 1.90. The van der Waals surface area contributed by atoms with E-state index in [9.17, 15) is 8.78 Å². The van der Waals surface area contributed by atoms with Gasteiger partial charge in [-0.1, -0.05) is 17.7 Å². The van der Waals surface area contributed by atoms with E-state index in [2.05, 4.69) is 12.6 Å². The lowest BCUT2D eigenvalue weighted by Gasteiger charge is -2.02. The van der Waals surface area contributed by atoms with Crippen LogP contribution in [0.1, 0.15) is 5.56 Å². The minimum atomic E-state index is -0.725. The Morgan fingerprint density at radius 3 is 2.58 bits per heavy atom. The van der Waals surface area contributed by atoms with Crippen molar-refractivity contribution in [1.29, 1.82) is 0 Å². The third-order valence-electron chi connectivity index (χ3n) is 1.50. The summed E-state index contributed by atoms with van der Waals surface area (Å²) in [6, 6.07) is 2.54. The number of rotatable bonds is 2. The van der Waals surface area contributed by atoms with Gasteiger partial charge in [-0.25, -0.2) is 8.78 Å². The van der Waals surface area contributed by atoms with Crippen LogP contribution < -0.4 is 0 Å². The van der Waals surface area contributed by atoms with Gasteiger partial charge in [-0.05, 0) is 23.8 Å². The van der Waals surface area contributed by atoms with E-state index in [0.29, 0.717) is 17.7 Å². The van der Waals surface area contributed by atoms with E-state index >= 15 is 0 Å². The maximum atomic E-state index is 13.0. The number of hydrogen-bond donors (Lipinski definition) is 1. The highest BCUT2D eigenvalue weighted by atomic mass is 35.5. The van der Waals surface area contributed by atoms with E-state index in [1.54, 1.807) is 0 Å². The second-order valence-electron chi connectivity index (χ2n) is 2.31. The van der Waals surface area contributed by atoms with Crippen molar-refractivity contribution in [3.8, 4) is 0 Å². The van der Waals surface area contributed by atoms with E-state index in [4.69, 9.17) is 11.6 Å². The summed E-state index contributed by atoms with van der Waals surface area (Å²) in [4.78, 5) is 0. The summed E-state index contributed by atoms with van der Waals surface area (Å²) in [6.07, 6.45) is 0.453. The Labute approximate surface area is 80.0 Å². The number of hydrogen-bond acceptors (Lipinski definition) is 1. The molecule has 12 heavy (non-hydrogen) atoms. The average Bonchev–Trinajstić information content (AvgIpc) is 2.07. The molecule has 0 N–H and O–H groups in total. The second kappa shape index (κ2) is 4.10. The smallest absolute Gasteiger partial charge is 0.147 e. The molecule has 4 heteroatoms. The zero-order chi connectivity index (χ0) is 9.14. The molecule has 0 spiro atoms. The molecule has 66 valence electrons. The van der Waals surface area contributed by atoms with Gasteiger partial charge in [0.1, 0.15) is 16.7 Å². The molecule has 0 amide bonds. The maximum Gasteiger partial charge on any atom is 0.147 e. The fourth-order valence-electron chi connectivity index (χ4n) is 0.879. The Hall–Kier alpha value is -0.280. The summed E-state index contributed by atoms with van der Waals surface area (Å²) in [6.45, 7) is 0. The summed E-state index contributed by atoms with van der Waals surface area (Å²) >= 11 is 9.28. The molecule has 0 aliphatic heterocycles. The molecular weight excluding hydrogens is 202 g/mol. The van der Waals surface area contributed by atoms with Crippen LogP contribution in [0.15, 0.2) is 12.1 Å². The van der Waals surface area contributed by atoms with Crippen molar-refractivity contribution in [2.75, 3.05) is 5.75 Å². The number of aryl methyl sites for hydroxylation is 1. The first-order valence-corrected chi connectivity index (χ1v) is 4.41. The molecule has 1 aromatic rings. The van der Waals surface area contributed by atoms with E-state index in [1.807, 2.05) is 0 Å². The highest BCUT2D eigenvalue weighted by Crippen LogP contribution is 2.22. The van der Waals surface area contributed by atoms with Crippen molar-refractivity contribution >= 4 is 24.2 Å². The van der Waals surface area contributed by atoms with Crippen molar-refractivity contribution in [3.05, 3.63) is 34.4 Å². The highest BCUT2D eigenvalue weighted by molar-refractivity contribution is 7.80. The Morgan fingerprint density at radius 2 is 2.00 bits per heavy atom. The van der Waals surface area contributed by atoms with Gasteiger partial charge in [0.05, 0.1) is 0 Å². The molecule has 0 aromatic heterocycles. The van der Waals surface area contributed by atoms with Gasteiger partial charge in [0.15, 0.2) is 0 Å². The summed E-state index contributed by atoms with van der Waals surface area (Å²) in [5.41, 5.74) is 0.399. The van der Waals surface area contributed by atoms with Crippen LogP contribution in [-0.4, -0.2) is 5.75 Å². The van der Waals surface area contributed by atoms with E-state index < -0.39 is 16.7 Å². The van der Waals surface area contributed by atoms with Gasteiger partial charge >= 0.3 is 0 Å².